The minimum absolute atomic E-state index is 0.0292. The lowest BCUT2D eigenvalue weighted by Gasteiger charge is -2.15. The molecule has 2 aromatic carbocycles. The molecule has 1 heterocycles. The average Bonchev–Trinajstić information content (AvgIpc) is 3.08. The van der Waals surface area contributed by atoms with Gasteiger partial charge in [-0.15, -0.1) is 0 Å². The number of carbonyl (C=O) groups is 1. The first-order valence-corrected chi connectivity index (χ1v) is 9.48. The zero-order valence-electron chi connectivity index (χ0n) is 17.0. The monoisotopic (exact) mass is 404 g/mol. The van der Waals surface area contributed by atoms with Crippen molar-refractivity contribution in [1.29, 1.82) is 0 Å². The third-order valence-electron chi connectivity index (χ3n) is 4.21. The molecule has 0 aliphatic carbocycles. The van der Waals surface area contributed by atoms with E-state index >= 15 is 4.39 Å². The summed E-state index contributed by atoms with van der Waals surface area (Å²) >= 11 is 0. The van der Waals surface area contributed by atoms with E-state index in [1.807, 2.05) is 13.8 Å². The molecular formula is C21H26F2N4O2. The first-order valence-electron chi connectivity index (χ1n) is 9.48. The van der Waals surface area contributed by atoms with E-state index < -0.39 is 17.5 Å². The molecule has 29 heavy (non-hydrogen) atoms. The minimum Gasteiger partial charge on any atom is -0.396 e. The number of aliphatic hydroxyl groups is 1. The molecule has 3 aromatic rings. The molecule has 8 heteroatoms. The Kier molecular flexibility index (Phi) is 7.67. The molecule has 156 valence electrons. The van der Waals surface area contributed by atoms with Crippen molar-refractivity contribution in [2.45, 2.75) is 27.2 Å². The Morgan fingerprint density at radius 1 is 1.24 bits per heavy atom. The molecule has 0 bridgehead atoms. The number of amides is 1. The van der Waals surface area contributed by atoms with Crippen molar-refractivity contribution in [3.8, 4) is 0 Å². The Morgan fingerprint density at radius 3 is 2.62 bits per heavy atom. The number of hydrogen-bond donors (Lipinski definition) is 3. The number of benzene rings is 2. The van der Waals surface area contributed by atoms with E-state index in [4.69, 9.17) is 5.11 Å². The van der Waals surface area contributed by atoms with Crippen LogP contribution in [0.15, 0.2) is 30.6 Å². The van der Waals surface area contributed by atoms with Gasteiger partial charge < -0.3 is 20.3 Å². The molecule has 0 aliphatic rings. The number of anilines is 2. The van der Waals surface area contributed by atoms with Crippen LogP contribution >= 0.6 is 0 Å². The highest BCUT2D eigenvalue weighted by atomic mass is 19.1. The van der Waals surface area contributed by atoms with Crippen LogP contribution in [0.5, 0.6) is 0 Å². The predicted molar refractivity (Wildman–Crippen MR) is 110 cm³/mol. The number of rotatable bonds is 6. The summed E-state index contributed by atoms with van der Waals surface area (Å²) in [6, 6.07) is 6.00. The van der Waals surface area contributed by atoms with Crippen LogP contribution in [0.2, 0.25) is 0 Å². The van der Waals surface area contributed by atoms with Gasteiger partial charge in [-0.05, 0) is 37.1 Å². The lowest BCUT2D eigenvalue weighted by atomic mass is 10.1. The minimum atomic E-state index is -0.736. The van der Waals surface area contributed by atoms with Gasteiger partial charge in [-0.1, -0.05) is 19.9 Å². The summed E-state index contributed by atoms with van der Waals surface area (Å²) in [5.41, 5.74) is 1.18. The third kappa shape index (κ3) is 4.89. The van der Waals surface area contributed by atoms with Crippen molar-refractivity contribution in [1.82, 2.24) is 14.9 Å². The van der Waals surface area contributed by atoms with Gasteiger partial charge in [-0.3, -0.25) is 4.79 Å². The summed E-state index contributed by atoms with van der Waals surface area (Å²) in [5.74, 6) is -1.82. The molecule has 1 aromatic heterocycles. The molecule has 0 radical (unpaired) electrons. The van der Waals surface area contributed by atoms with E-state index in [1.54, 1.807) is 24.6 Å². The summed E-state index contributed by atoms with van der Waals surface area (Å²) in [6.07, 6.45) is 1.81. The van der Waals surface area contributed by atoms with Gasteiger partial charge in [-0.2, -0.15) is 0 Å². The summed E-state index contributed by atoms with van der Waals surface area (Å²) in [7, 11) is 1.69. The van der Waals surface area contributed by atoms with Crippen molar-refractivity contribution >= 4 is 28.3 Å². The van der Waals surface area contributed by atoms with Gasteiger partial charge in [0.05, 0.1) is 28.8 Å². The van der Waals surface area contributed by atoms with Crippen molar-refractivity contribution in [3.63, 3.8) is 0 Å². The molecule has 0 unspecified atom stereocenters. The lowest BCUT2D eigenvalue weighted by molar-refractivity contribution is 0.0951. The number of hydrogen-bond acceptors (Lipinski definition) is 4. The zero-order chi connectivity index (χ0) is 21.6. The van der Waals surface area contributed by atoms with Crippen molar-refractivity contribution in [3.05, 3.63) is 53.4 Å². The smallest absolute Gasteiger partial charge is 0.253 e. The van der Waals surface area contributed by atoms with Gasteiger partial charge >= 0.3 is 0 Å². The molecular weight excluding hydrogens is 378 g/mol. The highest BCUT2D eigenvalue weighted by Gasteiger charge is 2.22. The molecule has 0 saturated heterocycles. The maximum Gasteiger partial charge on any atom is 0.253 e. The van der Waals surface area contributed by atoms with E-state index in [2.05, 4.69) is 15.6 Å². The van der Waals surface area contributed by atoms with Gasteiger partial charge in [0.25, 0.3) is 5.91 Å². The lowest BCUT2D eigenvalue weighted by Crippen LogP contribution is -2.26. The second-order valence-electron chi connectivity index (χ2n) is 6.28. The summed E-state index contributed by atoms with van der Waals surface area (Å²) < 4.78 is 30.9. The van der Waals surface area contributed by atoms with Gasteiger partial charge in [-0.25, -0.2) is 13.8 Å². The number of aryl methyl sites for hydroxylation is 2. The predicted octanol–water partition coefficient (Wildman–Crippen LogP) is 4.04. The van der Waals surface area contributed by atoms with E-state index in [0.717, 1.165) is 5.56 Å². The molecule has 0 aliphatic heterocycles. The van der Waals surface area contributed by atoms with Crippen LogP contribution in [0, 0.1) is 18.6 Å². The first kappa shape index (κ1) is 22.3. The molecule has 0 atom stereocenters. The Morgan fingerprint density at radius 2 is 1.97 bits per heavy atom. The summed E-state index contributed by atoms with van der Waals surface area (Å²) in [4.78, 5) is 16.6. The molecule has 6 nitrogen and oxygen atoms in total. The molecule has 0 saturated carbocycles. The number of aliphatic hydroxyl groups excluding tert-OH is 1. The second-order valence-corrected chi connectivity index (χ2v) is 6.28. The van der Waals surface area contributed by atoms with Crippen LogP contribution in [0.4, 0.5) is 20.2 Å². The summed E-state index contributed by atoms with van der Waals surface area (Å²) in [5, 5.41) is 14.2. The van der Waals surface area contributed by atoms with Crippen LogP contribution in [0.3, 0.4) is 0 Å². The van der Waals surface area contributed by atoms with Crippen molar-refractivity contribution in [2.24, 2.45) is 7.05 Å². The number of nitrogens with one attached hydrogen (secondary N) is 2. The normalized spacial score (nSPS) is 10.4. The van der Waals surface area contributed by atoms with Gasteiger partial charge in [0.1, 0.15) is 11.3 Å². The SMILES string of the molecule is CC.Cc1ccc(Nc2c(C(=O)NCCCO)cc3c(ncn3C)c2F)c(F)c1. The van der Waals surface area contributed by atoms with Gasteiger partial charge in [0.15, 0.2) is 5.82 Å². The molecule has 1 amide bonds. The number of fused-ring (bicyclic) bond motifs is 1. The van der Waals surface area contributed by atoms with Crippen LogP contribution < -0.4 is 10.6 Å². The fourth-order valence-corrected chi connectivity index (χ4v) is 2.76. The van der Waals surface area contributed by atoms with Crippen LogP contribution in [0.25, 0.3) is 11.0 Å². The topological polar surface area (TPSA) is 79.2 Å². The number of carbonyl (C=O) groups excluding carboxylic acids is 1. The van der Waals surface area contributed by atoms with E-state index in [9.17, 15) is 9.18 Å². The molecule has 0 spiro atoms. The largest absolute Gasteiger partial charge is 0.396 e. The highest BCUT2D eigenvalue weighted by molar-refractivity contribution is 6.04. The van der Waals surface area contributed by atoms with Crippen LogP contribution in [-0.2, 0) is 7.05 Å². The molecule has 0 fully saturated rings. The number of aromatic nitrogens is 2. The van der Waals surface area contributed by atoms with Gasteiger partial charge in [0.2, 0.25) is 0 Å². The van der Waals surface area contributed by atoms with E-state index in [1.165, 1.54) is 24.5 Å². The van der Waals surface area contributed by atoms with Crippen LogP contribution in [0.1, 0.15) is 36.2 Å². The number of imidazole rings is 1. The van der Waals surface area contributed by atoms with Crippen molar-refractivity contribution < 1.29 is 18.7 Å². The van der Waals surface area contributed by atoms with Crippen LogP contribution in [-0.4, -0.2) is 33.7 Å². The number of halogens is 2. The van der Waals surface area contributed by atoms with Gasteiger partial charge in [0, 0.05) is 20.2 Å². The second kappa shape index (κ2) is 9.97. The third-order valence-corrected chi connectivity index (χ3v) is 4.21. The maximum atomic E-state index is 15.1. The Hall–Kier alpha value is -3.00. The maximum absolute atomic E-state index is 15.1. The molecule has 3 N–H and O–H groups in total. The zero-order valence-corrected chi connectivity index (χ0v) is 17.0. The Balaban J connectivity index is 0.00000145. The summed E-state index contributed by atoms with van der Waals surface area (Å²) in [6.45, 7) is 5.90. The Labute approximate surface area is 168 Å². The fraction of sp³-hybridized carbons (Fsp3) is 0.333. The quantitative estimate of drug-likeness (QED) is 0.542. The molecule has 3 rings (SSSR count). The van der Waals surface area contributed by atoms with E-state index in [0.29, 0.717) is 11.9 Å². The fourth-order valence-electron chi connectivity index (χ4n) is 2.76. The Bertz CT molecular complexity index is 1000. The standard InChI is InChI=1S/C19H20F2N4O2.C2H6/c1-11-4-5-14(13(20)8-11)24-17-12(19(27)22-6-3-7-26)9-15-18(16(17)21)23-10-25(15)2;1-2/h4-5,8-10,24,26H,3,6-7H2,1-2H3,(H,22,27);1-2H3. The van der Waals surface area contributed by atoms with Crippen molar-refractivity contribution in [2.75, 3.05) is 18.5 Å². The first-order chi connectivity index (χ1) is 13.9. The average molecular weight is 404 g/mol. The van der Waals surface area contributed by atoms with E-state index in [-0.39, 0.29) is 35.6 Å². The number of nitrogens with zero attached hydrogens (tertiary/aromatic N) is 2. The highest BCUT2D eigenvalue weighted by Crippen LogP contribution is 2.31.